The number of thiophene rings is 1. The van der Waals surface area contributed by atoms with Crippen LogP contribution in [0.5, 0.6) is 0 Å². The summed E-state index contributed by atoms with van der Waals surface area (Å²) in [5, 5.41) is 5.47. The lowest BCUT2D eigenvalue weighted by Gasteiger charge is -2.25. The van der Waals surface area contributed by atoms with Gasteiger partial charge in [-0.15, -0.1) is 11.3 Å². The van der Waals surface area contributed by atoms with Crippen molar-refractivity contribution < 1.29 is 4.39 Å². The lowest BCUT2D eigenvalue weighted by Crippen LogP contribution is -2.25. The Balaban J connectivity index is 2.13. The van der Waals surface area contributed by atoms with E-state index in [1.807, 2.05) is 6.07 Å². The molecular formula is C17H23FN2S. The summed E-state index contributed by atoms with van der Waals surface area (Å²) in [4.78, 5) is 3.59. The zero-order valence-corrected chi connectivity index (χ0v) is 13.7. The van der Waals surface area contributed by atoms with Crippen LogP contribution in [0.4, 0.5) is 10.1 Å². The Kier molecular flexibility index (Phi) is 5.76. The van der Waals surface area contributed by atoms with Crippen molar-refractivity contribution in [2.45, 2.75) is 26.3 Å². The lowest BCUT2D eigenvalue weighted by atomic mass is 10.0. The number of likely N-dealkylation sites (N-methyl/N-ethyl adjacent to an activating group) is 1. The molecule has 1 atom stereocenters. The highest BCUT2D eigenvalue weighted by Gasteiger charge is 2.14. The third kappa shape index (κ3) is 4.29. The molecule has 0 fully saturated rings. The molecule has 114 valence electrons. The van der Waals surface area contributed by atoms with Crippen LogP contribution in [0.15, 0.2) is 35.7 Å². The summed E-state index contributed by atoms with van der Waals surface area (Å²) in [6.07, 6.45) is 1.01. The van der Waals surface area contributed by atoms with Gasteiger partial charge < -0.3 is 10.2 Å². The van der Waals surface area contributed by atoms with Gasteiger partial charge in [-0.25, -0.2) is 4.39 Å². The molecule has 0 aliphatic heterocycles. The first-order chi connectivity index (χ1) is 10.1. The average Bonchev–Trinajstić information content (AvgIpc) is 2.98. The van der Waals surface area contributed by atoms with Gasteiger partial charge in [-0.1, -0.05) is 13.0 Å². The van der Waals surface area contributed by atoms with Gasteiger partial charge in [0, 0.05) is 30.2 Å². The molecule has 0 saturated carbocycles. The van der Waals surface area contributed by atoms with Gasteiger partial charge in [-0.2, -0.15) is 0 Å². The molecule has 21 heavy (non-hydrogen) atoms. The van der Waals surface area contributed by atoms with E-state index >= 15 is 0 Å². The minimum absolute atomic E-state index is 0.143. The van der Waals surface area contributed by atoms with Crippen LogP contribution in [0.1, 0.15) is 30.3 Å². The van der Waals surface area contributed by atoms with Gasteiger partial charge in [0.15, 0.2) is 0 Å². The minimum Gasteiger partial charge on any atom is -0.374 e. The summed E-state index contributed by atoms with van der Waals surface area (Å²) in [7, 11) is 2.07. The highest BCUT2D eigenvalue weighted by molar-refractivity contribution is 7.09. The second-order valence-corrected chi connectivity index (χ2v) is 6.27. The molecule has 1 aromatic carbocycles. The maximum Gasteiger partial charge on any atom is 0.123 e. The topological polar surface area (TPSA) is 15.3 Å². The number of nitrogens with zero attached hydrogens (tertiary/aromatic N) is 1. The van der Waals surface area contributed by atoms with Gasteiger partial charge in [0.1, 0.15) is 5.82 Å². The van der Waals surface area contributed by atoms with Gasteiger partial charge in [0.05, 0.1) is 0 Å². The molecule has 1 aromatic heterocycles. The summed E-state index contributed by atoms with van der Waals surface area (Å²) in [5.74, 6) is -0.176. The molecule has 0 radical (unpaired) electrons. The Morgan fingerprint density at radius 3 is 2.81 bits per heavy atom. The molecule has 0 aliphatic carbocycles. The van der Waals surface area contributed by atoms with Gasteiger partial charge in [-0.3, -0.25) is 0 Å². The third-order valence-corrected chi connectivity index (χ3v) is 4.59. The molecule has 0 saturated heterocycles. The number of halogens is 1. The quantitative estimate of drug-likeness (QED) is 0.823. The van der Waals surface area contributed by atoms with E-state index in [4.69, 9.17) is 0 Å². The monoisotopic (exact) mass is 306 g/mol. The van der Waals surface area contributed by atoms with Crippen molar-refractivity contribution in [3.63, 3.8) is 0 Å². The third-order valence-electron chi connectivity index (χ3n) is 3.65. The largest absolute Gasteiger partial charge is 0.374 e. The van der Waals surface area contributed by atoms with E-state index < -0.39 is 0 Å². The standard InChI is InChI=1S/C17H23FN2S/c1-4-19-13(2)16-12-14(18)7-8-17(16)20(3)10-9-15-6-5-11-21-15/h5-8,11-13,19H,4,9-10H2,1-3H3. The summed E-state index contributed by atoms with van der Waals surface area (Å²) >= 11 is 1.78. The number of nitrogens with one attached hydrogen (secondary N) is 1. The highest BCUT2D eigenvalue weighted by atomic mass is 32.1. The van der Waals surface area contributed by atoms with E-state index in [0.29, 0.717) is 0 Å². The molecule has 4 heteroatoms. The lowest BCUT2D eigenvalue weighted by molar-refractivity contribution is 0.582. The van der Waals surface area contributed by atoms with E-state index in [0.717, 1.165) is 30.8 Å². The van der Waals surface area contributed by atoms with Crippen LogP contribution < -0.4 is 10.2 Å². The van der Waals surface area contributed by atoms with Crippen molar-refractivity contribution in [1.82, 2.24) is 5.32 Å². The molecule has 0 aliphatic rings. The number of hydrogen-bond donors (Lipinski definition) is 1. The molecule has 2 nitrogen and oxygen atoms in total. The SMILES string of the molecule is CCNC(C)c1cc(F)ccc1N(C)CCc1cccs1. The fraction of sp³-hybridized carbons (Fsp3) is 0.412. The second kappa shape index (κ2) is 7.57. The predicted octanol–water partition coefficient (Wildman–Crippen LogP) is 4.24. The molecule has 1 N–H and O–H groups in total. The summed E-state index contributed by atoms with van der Waals surface area (Å²) in [6.45, 7) is 5.94. The summed E-state index contributed by atoms with van der Waals surface area (Å²) < 4.78 is 13.6. The van der Waals surface area contributed by atoms with Crippen molar-refractivity contribution in [3.05, 3.63) is 52.0 Å². The van der Waals surface area contributed by atoms with Gasteiger partial charge >= 0.3 is 0 Å². The maximum absolute atomic E-state index is 13.6. The molecule has 2 aromatic rings. The van der Waals surface area contributed by atoms with Crippen molar-refractivity contribution in [1.29, 1.82) is 0 Å². The van der Waals surface area contributed by atoms with E-state index in [2.05, 4.69) is 48.6 Å². The van der Waals surface area contributed by atoms with Crippen molar-refractivity contribution >= 4 is 17.0 Å². The fourth-order valence-electron chi connectivity index (χ4n) is 2.49. The predicted molar refractivity (Wildman–Crippen MR) is 89.8 cm³/mol. The Hall–Kier alpha value is -1.39. The number of hydrogen-bond acceptors (Lipinski definition) is 3. The van der Waals surface area contributed by atoms with Crippen LogP contribution in [-0.2, 0) is 6.42 Å². The summed E-state index contributed by atoms with van der Waals surface area (Å²) in [5.41, 5.74) is 2.12. The number of anilines is 1. The Bertz CT molecular complexity index is 554. The van der Waals surface area contributed by atoms with E-state index in [9.17, 15) is 4.39 Å². The Morgan fingerprint density at radius 2 is 2.14 bits per heavy atom. The molecule has 0 bridgehead atoms. The van der Waals surface area contributed by atoms with Crippen LogP contribution in [0.25, 0.3) is 0 Å². The van der Waals surface area contributed by atoms with Gasteiger partial charge in [0.25, 0.3) is 0 Å². The number of rotatable bonds is 7. The first-order valence-corrected chi connectivity index (χ1v) is 8.26. The van der Waals surface area contributed by atoms with Crippen LogP contribution in [0.3, 0.4) is 0 Å². The molecular weight excluding hydrogens is 283 g/mol. The Labute approximate surface area is 130 Å². The molecule has 1 heterocycles. The molecule has 0 amide bonds. The van der Waals surface area contributed by atoms with Crippen LogP contribution in [0.2, 0.25) is 0 Å². The van der Waals surface area contributed by atoms with Crippen molar-refractivity contribution in [2.75, 3.05) is 25.0 Å². The van der Waals surface area contributed by atoms with Gasteiger partial charge in [-0.05, 0) is 55.1 Å². The molecule has 2 rings (SSSR count). The zero-order valence-electron chi connectivity index (χ0n) is 12.9. The first kappa shape index (κ1) is 16.0. The average molecular weight is 306 g/mol. The van der Waals surface area contributed by atoms with Crippen molar-refractivity contribution in [2.24, 2.45) is 0 Å². The Morgan fingerprint density at radius 1 is 1.33 bits per heavy atom. The summed E-state index contributed by atoms with van der Waals surface area (Å²) in [6, 6.07) is 9.45. The number of benzene rings is 1. The zero-order chi connectivity index (χ0) is 15.2. The normalized spacial score (nSPS) is 12.4. The van der Waals surface area contributed by atoms with E-state index in [-0.39, 0.29) is 11.9 Å². The van der Waals surface area contributed by atoms with Crippen LogP contribution in [0, 0.1) is 5.82 Å². The van der Waals surface area contributed by atoms with Crippen LogP contribution in [-0.4, -0.2) is 20.1 Å². The maximum atomic E-state index is 13.6. The molecule has 1 unspecified atom stereocenters. The van der Waals surface area contributed by atoms with E-state index in [1.165, 1.54) is 4.88 Å². The van der Waals surface area contributed by atoms with Gasteiger partial charge in [0.2, 0.25) is 0 Å². The second-order valence-electron chi connectivity index (χ2n) is 5.23. The van der Waals surface area contributed by atoms with Crippen LogP contribution >= 0.6 is 11.3 Å². The smallest absolute Gasteiger partial charge is 0.123 e. The van der Waals surface area contributed by atoms with E-state index in [1.54, 1.807) is 23.5 Å². The van der Waals surface area contributed by atoms with Crippen molar-refractivity contribution in [3.8, 4) is 0 Å². The fourth-order valence-corrected chi connectivity index (χ4v) is 3.19. The molecule has 0 spiro atoms. The minimum atomic E-state index is -0.176. The highest BCUT2D eigenvalue weighted by Crippen LogP contribution is 2.27. The first-order valence-electron chi connectivity index (χ1n) is 7.38.